The maximum absolute atomic E-state index is 12.2. The molecule has 4 aliphatic rings. The van der Waals surface area contributed by atoms with Gasteiger partial charge in [-0.3, -0.25) is 0 Å². The minimum atomic E-state index is -0.166. The average molecular weight is 326 g/mol. The molecule has 1 aromatic rings. The molecular weight excluding hydrogens is 300 g/mol. The van der Waals surface area contributed by atoms with Crippen molar-refractivity contribution >= 4 is 5.97 Å². The highest BCUT2D eigenvalue weighted by molar-refractivity contribution is 5.82. The van der Waals surface area contributed by atoms with E-state index in [1.54, 1.807) is 13.2 Å². The Morgan fingerprint density at radius 2 is 1.67 bits per heavy atom. The molecule has 4 fully saturated rings. The topological polar surface area (TPSA) is 35.5 Å². The molecule has 24 heavy (non-hydrogen) atoms. The van der Waals surface area contributed by atoms with Crippen LogP contribution in [0.2, 0.25) is 0 Å². The minimum Gasteiger partial charge on any atom is -0.497 e. The second kappa shape index (κ2) is 6.62. The van der Waals surface area contributed by atoms with Crippen molar-refractivity contribution in [3.8, 4) is 5.75 Å². The summed E-state index contributed by atoms with van der Waals surface area (Å²) in [6.45, 7) is 0. The SMILES string of the molecule is COc1ccc(C/C=C/C(=O)OC2C3CC4CC(C3)CC2C4)cc1. The number of benzene rings is 1. The van der Waals surface area contributed by atoms with E-state index >= 15 is 0 Å². The minimum absolute atomic E-state index is 0.166. The van der Waals surface area contributed by atoms with Crippen LogP contribution in [0.15, 0.2) is 36.4 Å². The van der Waals surface area contributed by atoms with E-state index in [2.05, 4.69) is 0 Å². The molecule has 0 spiro atoms. The van der Waals surface area contributed by atoms with E-state index < -0.39 is 0 Å². The van der Waals surface area contributed by atoms with Gasteiger partial charge >= 0.3 is 5.97 Å². The molecule has 128 valence electrons. The third-order valence-electron chi connectivity index (χ3n) is 6.16. The number of allylic oxidation sites excluding steroid dienone is 1. The highest BCUT2D eigenvalue weighted by atomic mass is 16.5. The second-order valence-electron chi connectivity index (χ2n) is 7.79. The number of methoxy groups -OCH3 is 1. The highest BCUT2D eigenvalue weighted by Crippen LogP contribution is 2.54. The van der Waals surface area contributed by atoms with Crippen molar-refractivity contribution in [3.05, 3.63) is 42.0 Å². The Morgan fingerprint density at radius 1 is 1.04 bits per heavy atom. The van der Waals surface area contributed by atoms with Gasteiger partial charge in [0.25, 0.3) is 0 Å². The molecule has 0 aromatic heterocycles. The van der Waals surface area contributed by atoms with Gasteiger partial charge in [-0.15, -0.1) is 0 Å². The summed E-state index contributed by atoms with van der Waals surface area (Å²) in [6, 6.07) is 7.92. The third kappa shape index (κ3) is 3.22. The average Bonchev–Trinajstić information content (AvgIpc) is 2.58. The Balaban J connectivity index is 1.30. The highest BCUT2D eigenvalue weighted by Gasteiger charge is 2.49. The number of rotatable bonds is 5. The van der Waals surface area contributed by atoms with Gasteiger partial charge < -0.3 is 9.47 Å². The maximum Gasteiger partial charge on any atom is 0.330 e. The summed E-state index contributed by atoms with van der Waals surface area (Å²) in [7, 11) is 1.66. The Hall–Kier alpha value is -1.77. The molecule has 0 N–H and O–H groups in total. The summed E-state index contributed by atoms with van der Waals surface area (Å²) in [5.41, 5.74) is 1.16. The van der Waals surface area contributed by atoms with Crippen LogP contribution < -0.4 is 4.74 Å². The predicted octanol–water partition coefficient (Wildman–Crippen LogP) is 4.16. The van der Waals surface area contributed by atoms with Crippen LogP contribution in [0.4, 0.5) is 0 Å². The lowest BCUT2D eigenvalue weighted by Crippen LogP contribution is -2.49. The first-order valence-corrected chi connectivity index (χ1v) is 9.21. The fraction of sp³-hybridized carbons (Fsp3) is 0.571. The van der Waals surface area contributed by atoms with E-state index in [1.165, 1.54) is 32.1 Å². The lowest BCUT2D eigenvalue weighted by Gasteiger charge is -2.53. The first kappa shape index (κ1) is 15.7. The van der Waals surface area contributed by atoms with Crippen LogP contribution in [0, 0.1) is 23.7 Å². The molecule has 0 amide bonds. The van der Waals surface area contributed by atoms with Gasteiger partial charge in [0.15, 0.2) is 0 Å². The van der Waals surface area contributed by atoms with Crippen LogP contribution in [-0.2, 0) is 16.0 Å². The van der Waals surface area contributed by atoms with Crippen LogP contribution >= 0.6 is 0 Å². The number of hydrogen-bond donors (Lipinski definition) is 0. The summed E-state index contributed by atoms with van der Waals surface area (Å²) < 4.78 is 11.0. The van der Waals surface area contributed by atoms with Crippen molar-refractivity contribution in [3.63, 3.8) is 0 Å². The number of ether oxygens (including phenoxy) is 2. The molecule has 3 heteroatoms. The van der Waals surface area contributed by atoms with Crippen molar-refractivity contribution in [2.45, 2.75) is 44.6 Å². The van der Waals surface area contributed by atoms with Gasteiger partial charge in [-0.1, -0.05) is 18.2 Å². The lowest BCUT2D eigenvalue weighted by atomic mass is 9.55. The van der Waals surface area contributed by atoms with Gasteiger partial charge in [-0.25, -0.2) is 4.79 Å². The smallest absolute Gasteiger partial charge is 0.330 e. The van der Waals surface area contributed by atoms with Crippen molar-refractivity contribution in [1.82, 2.24) is 0 Å². The zero-order valence-corrected chi connectivity index (χ0v) is 14.3. The molecule has 0 atom stereocenters. The third-order valence-corrected chi connectivity index (χ3v) is 6.16. The lowest BCUT2D eigenvalue weighted by molar-refractivity contribution is -0.165. The molecule has 0 heterocycles. The van der Waals surface area contributed by atoms with Crippen LogP contribution in [-0.4, -0.2) is 19.2 Å². The fourth-order valence-corrected chi connectivity index (χ4v) is 5.29. The van der Waals surface area contributed by atoms with E-state index in [0.717, 1.165) is 29.6 Å². The predicted molar refractivity (Wildman–Crippen MR) is 92.8 cm³/mol. The van der Waals surface area contributed by atoms with Gasteiger partial charge in [0.1, 0.15) is 11.9 Å². The summed E-state index contributed by atoms with van der Waals surface area (Å²) >= 11 is 0. The molecule has 0 saturated heterocycles. The van der Waals surface area contributed by atoms with E-state index in [4.69, 9.17) is 9.47 Å². The van der Waals surface area contributed by atoms with E-state index in [9.17, 15) is 4.79 Å². The molecule has 4 saturated carbocycles. The van der Waals surface area contributed by atoms with E-state index in [0.29, 0.717) is 11.8 Å². The molecular formula is C21H26O3. The molecule has 4 bridgehead atoms. The van der Waals surface area contributed by atoms with Crippen molar-refractivity contribution in [2.24, 2.45) is 23.7 Å². The van der Waals surface area contributed by atoms with Crippen molar-refractivity contribution in [2.75, 3.05) is 7.11 Å². The Kier molecular flexibility index (Phi) is 4.34. The Labute approximate surface area is 144 Å². The number of hydrogen-bond acceptors (Lipinski definition) is 3. The standard InChI is InChI=1S/C21H26O3/c1-23-19-7-5-14(6-8-19)3-2-4-20(22)24-21-17-10-15-9-16(12-17)13-18(21)11-15/h2,4-8,15-18,21H,3,9-13H2,1H3/b4-2+. The van der Waals surface area contributed by atoms with Gasteiger partial charge in [0.05, 0.1) is 7.11 Å². The van der Waals surface area contributed by atoms with Crippen molar-refractivity contribution < 1.29 is 14.3 Å². The number of carbonyl (C=O) groups is 1. The quantitative estimate of drug-likeness (QED) is 0.602. The van der Waals surface area contributed by atoms with Crippen LogP contribution in [0.25, 0.3) is 0 Å². The Bertz CT molecular complexity index is 588. The molecule has 4 aliphatic carbocycles. The van der Waals surface area contributed by atoms with Gasteiger partial charge in [-0.2, -0.15) is 0 Å². The maximum atomic E-state index is 12.2. The zero-order valence-electron chi connectivity index (χ0n) is 14.3. The van der Waals surface area contributed by atoms with Crippen LogP contribution in [0.5, 0.6) is 5.75 Å². The summed E-state index contributed by atoms with van der Waals surface area (Å²) in [5.74, 6) is 3.76. The van der Waals surface area contributed by atoms with Crippen molar-refractivity contribution in [1.29, 1.82) is 0 Å². The Morgan fingerprint density at radius 3 is 2.25 bits per heavy atom. The largest absolute Gasteiger partial charge is 0.497 e. The normalized spacial score (nSPS) is 33.8. The van der Waals surface area contributed by atoms with Crippen LogP contribution in [0.3, 0.4) is 0 Å². The first-order chi connectivity index (χ1) is 11.7. The second-order valence-corrected chi connectivity index (χ2v) is 7.79. The zero-order chi connectivity index (χ0) is 16.5. The summed E-state index contributed by atoms with van der Waals surface area (Å²) in [4.78, 5) is 12.2. The monoisotopic (exact) mass is 326 g/mol. The van der Waals surface area contributed by atoms with Gasteiger partial charge in [0.2, 0.25) is 0 Å². The summed E-state index contributed by atoms with van der Waals surface area (Å²) in [5, 5.41) is 0. The van der Waals surface area contributed by atoms with E-state index in [1.807, 2.05) is 30.3 Å². The van der Waals surface area contributed by atoms with Gasteiger partial charge in [0, 0.05) is 6.08 Å². The fourth-order valence-electron chi connectivity index (χ4n) is 5.29. The molecule has 0 radical (unpaired) electrons. The number of carbonyl (C=O) groups excluding carboxylic acids is 1. The van der Waals surface area contributed by atoms with E-state index in [-0.39, 0.29) is 12.1 Å². The molecule has 3 nitrogen and oxygen atoms in total. The molecule has 1 aromatic carbocycles. The summed E-state index contributed by atoms with van der Waals surface area (Å²) in [6.07, 6.45) is 11.0. The first-order valence-electron chi connectivity index (χ1n) is 9.21. The molecule has 5 rings (SSSR count). The molecule has 0 unspecified atom stereocenters. The van der Waals surface area contributed by atoms with Gasteiger partial charge in [-0.05, 0) is 79.9 Å². The number of esters is 1. The molecule has 0 aliphatic heterocycles. The van der Waals surface area contributed by atoms with Crippen LogP contribution in [0.1, 0.15) is 37.7 Å².